The van der Waals surface area contributed by atoms with Gasteiger partial charge in [0.05, 0.1) is 36.6 Å². The van der Waals surface area contributed by atoms with Gasteiger partial charge in [-0.25, -0.2) is 0 Å². The van der Waals surface area contributed by atoms with Crippen LogP contribution in [-0.4, -0.2) is 80.6 Å². The van der Waals surface area contributed by atoms with Crippen molar-refractivity contribution in [3.63, 3.8) is 0 Å². The molecule has 0 spiro atoms. The maximum absolute atomic E-state index is 11.0. The van der Waals surface area contributed by atoms with Gasteiger partial charge in [0.25, 0.3) is 0 Å². The third-order valence-electron chi connectivity index (χ3n) is 6.51. The predicted molar refractivity (Wildman–Crippen MR) is 159 cm³/mol. The number of carbonyl (C=O) groups excluding carboxylic acids is 2. The Kier molecular flexibility index (Phi) is 21.6. The summed E-state index contributed by atoms with van der Waals surface area (Å²) < 4.78 is 22.2. The Morgan fingerprint density at radius 1 is 0.763 bits per heavy atom. The van der Waals surface area contributed by atoms with Crippen LogP contribution in [0, 0.1) is 0 Å². The highest BCUT2D eigenvalue weighted by molar-refractivity contribution is 9.09. The molecule has 0 aliphatic carbocycles. The van der Waals surface area contributed by atoms with Gasteiger partial charge in [0.15, 0.2) is 0 Å². The highest BCUT2D eigenvalue weighted by Gasteiger charge is 2.33. The molecule has 0 aromatic heterocycles. The van der Waals surface area contributed by atoms with Crippen LogP contribution >= 0.6 is 31.9 Å². The summed E-state index contributed by atoms with van der Waals surface area (Å²) in [4.78, 5) is 22.6. The van der Waals surface area contributed by atoms with Crippen LogP contribution in [0.2, 0.25) is 0 Å². The Hall–Kier alpha value is -0.260. The molecule has 0 amide bonds. The molecular formula is C28H54Br2O8. The number of carbonyl (C=O) groups is 2. The fourth-order valence-corrected chi connectivity index (χ4v) is 5.39. The van der Waals surface area contributed by atoms with Crippen molar-refractivity contribution < 1.29 is 38.7 Å². The molecule has 8 nitrogen and oxygen atoms in total. The first kappa shape index (κ1) is 39.9. The first-order chi connectivity index (χ1) is 16.9. The molecule has 2 heterocycles. The zero-order valence-corrected chi connectivity index (χ0v) is 25.7. The van der Waals surface area contributed by atoms with Crippen molar-refractivity contribution in [2.45, 2.75) is 166 Å². The fraction of sp³-hybridized carbons (Fsp3) is 0.929. The Balaban J connectivity index is 0. The molecule has 0 bridgehead atoms. The van der Waals surface area contributed by atoms with Crippen LogP contribution in [0.25, 0.3) is 0 Å². The van der Waals surface area contributed by atoms with Gasteiger partial charge < -0.3 is 29.2 Å². The van der Waals surface area contributed by atoms with E-state index in [1.807, 2.05) is 13.8 Å². The lowest BCUT2D eigenvalue weighted by molar-refractivity contribution is -0.159. The summed E-state index contributed by atoms with van der Waals surface area (Å²) in [6.07, 6.45) is 3.86. The van der Waals surface area contributed by atoms with Gasteiger partial charge in [-0.15, -0.1) is 0 Å². The zero-order valence-electron chi connectivity index (χ0n) is 22.5. The minimum Gasteiger partial charge on any atom is -0.460 e. The molecule has 0 aromatic carbocycles. The smallest absolute Gasteiger partial charge is 0.302 e. The molecule has 0 saturated carbocycles. The third kappa shape index (κ3) is 14.9. The monoisotopic (exact) mass is 676 g/mol. The molecule has 38 heavy (non-hydrogen) atoms. The summed E-state index contributed by atoms with van der Waals surface area (Å²) in [5.74, 6) is -0.689. The lowest BCUT2D eigenvalue weighted by Gasteiger charge is -2.33. The van der Waals surface area contributed by atoms with Crippen LogP contribution in [0.5, 0.6) is 0 Å². The summed E-state index contributed by atoms with van der Waals surface area (Å²) in [6.45, 7) is 10.8. The molecule has 0 aromatic rings. The van der Waals surface area contributed by atoms with Crippen LogP contribution in [0.3, 0.4) is 0 Å². The Labute approximate surface area is 248 Å². The van der Waals surface area contributed by atoms with E-state index in [9.17, 15) is 19.8 Å². The molecule has 228 valence electrons. The van der Waals surface area contributed by atoms with Gasteiger partial charge in [-0.05, 0) is 52.4 Å². The SMILES string of the molecule is C.C.CC[C@H](Br)[C@@H]1CC[C@@H](O)[C@@H](OC(C)=O)C[C@@H](C)O1.CC[C@H](Br)[C@@H]1CC[C@@H](OC(C)=O)[C@@H](O)C[C@@H](C)O1. The normalized spacial score (nSPS) is 33.5. The summed E-state index contributed by atoms with van der Waals surface area (Å²) in [6, 6.07) is 0. The number of aliphatic hydroxyl groups is 2. The Morgan fingerprint density at radius 2 is 1.18 bits per heavy atom. The summed E-state index contributed by atoms with van der Waals surface area (Å²) in [5.41, 5.74) is 0. The second-order valence-corrected chi connectivity index (χ2v) is 12.2. The minimum absolute atomic E-state index is 0. The fourth-order valence-electron chi connectivity index (χ4n) is 4.61. The van der Waals surface area contributed by atoms with E-state index in [4.69, 9.17) is 18.9 Å². The Bertz CT molecular complexity index is 652. The van der Waals surface area contributed by atoms with Crippen molar-refractivity contribution in [2.75, 3.05) is 0 Å². The molecular weight excluding hydrogens is 624 g/mol. The number of alkyl halides is 2. The highest BCUT2D eigenvalue weighted by Crippen LogP contribution is 2.28. The van der Waals surface area contributed by atoms with Gasteiger partial charge in [-0.3, -0.25) is 9.59 Å². The van der Waals surface area contributed by atoms with Gasteiger partial charge in [0.2, 0.25) is 0 Å². The molecule has 2 aliphatic heterocycles. The number of halogens is 2. The first-order valence-electron chi connectivity index (χ1n) is 13.2. The molecule has 2 saturated heterocycles. The second kappa shape index (κ2) is 20.6. The van der Waals surface area contributed by atoms with E-state index < -0.39 is 24.4 Å². The molecule has 2 N–H and O–H groups in total. The lowest BCUT2D eigenvalue weighted by atomic mass is 9.97. The van der Waals surface area contributed by atoms with Crippen LogP contribution in [0.4, 0.5) is 0 Å². The number of hydrogen-bond acceptors (Lipinski definition) is 8. The largest absolute Gasteiger partial charge is 0.460 e. The van der Waals surface area contributed by atoms with Crippen molar-refractivity contribution in [2.24, 2.45) is 0 Å². The van der Waals surface area contributed by atoms with Gasteiger partial charge in [0, 0.05) is 36.3 Å². The van der Waals surface area contributed by atoms with E-state index in [0.29, 0.717) is 35.3 Å². The van der Waals surface area contributed by atoms with Crippen LogP contribution in [0.15, 0.2) is 0 Å². The number of hydrogen-bond donors (Lipinski definition) is 2. The van der Waals surface area contributed by atoms with E-state index in [0.717, 1.165) is 25.7 Å². The molecule has 10 heteroatoms. The number of aliphatic hydroxyl groups excluding tert-OH is 2. The van der Waals surface area contributed by atoms with Crippen LogP contribution in [0.1, 0.15) is 108 Å². The number of esters is 2. The van der Waals surface area contributed by atoms with Gasteiger partial charge in [-0.2, -0.15) is 0 Å². The van der Waals surface area contributed by atoms with E-state index >= 15 is 0 Å². The van der Waals surface area contributed by atoms with E-state index in [1.165, 1.54) is 13.8 Å². The van der Waals surface area contributed by atoms with Gasteiger partial charge >= 0.3 is 11.9 Å². The molecule has 2 rings (SSSR count). The third-order valence-corrected chi connectivity index (χ3v) is 8.99. The van der Waals surface area contributed by atoms with Crippen molar-refractivity contribution in [3.05, 3.63) is 0 Å². The van der Waals surface area contributed by atoms with E-state index in [-0.39, 0.29) is 51.2 Å². The van der Waals surface area contributed by atoms with Crippen molar-refractivity contribution in [1.29, 1.82) is 0 Å². The lowest BCUT2D eigenvalue weighted by Crippen LogP contribution is -2.40. The van der Waals surface area contributed by atoms with Gasteiger partial charge in [0.1, 0.15) is 12.2 Å². The summed E-state index contributed by atoms with van der Waals surface area (Å²) in [7, 11) is 0. The molecule has 10 atom stereocenters. The summed E-state index contributed by atoms with van der Waals surface area (Å²) in [5, 5.41) is 20.1. The maximum atomic E-state index is 11.0. The highest BCUT2D eigenvalue weighted by atomic mass is 79.9. The Morgan fingerprint density at radius 3 is 1.63 bits per heavy atom. The predicted octanol–water partition coefficient (Wildman–Crippen LogP) is 6.09. The first-order valence-corrected chi connectivity index (χ1v) is 15.0. The molecule has 2 fully saturated rings. The standard InChI is InChI=1S/2C13H23BrO4.2CH4/c1-4-10(14)12-5-6-13(18-9(3)15)11(16)7-8(2)17-12;1-4-10(14)12-6-5-11(16)13(18-9(3)15)7-8(2)17-12;;/h2*8,10-13,16H,4-7H2,1-3H3;2*1H4/t8-,10+,11+,12+,13-;8-,10+,11-,12+,13+;;/m11../s1. The zero-order chi connectivity index (χ0) is 27.4. The number of rotatable bonds is 6. The van der Waals surface area contributed by atoms with Crippen molar-refractivity contribution in [3.8, 4) is 0 Å². The minimum atomic E-state index is -0.639. The quantitative estimate of drug-likeness (QED) is 0.257. The molecule has 2 aliphatic rings. The maximum Gasteiger partial charge on any atom is 0.302 e. The average Bonchev–Trinajstić information content (AvgIpc) is 2.79. The van der Waals surface area contributed by atoms with Crippen LogP contribution < -0.4 is 0 Å². The van der Waals surface area contributed by atoms with E-state index in [2.05, 4.69) is 45.7 Å². The van der Waals surface area contributed by atoms with E-state index in [1.54, 1.807) is 0 Å². The molecule has 0 unspecified atom stereocenters. The molecule has 0 radical (unpaired) electrons. The van der Waals surface area contributed by atoms with Crippen molar-refractivity contribution in [1.82, 2.24) is 0 Å². The number of ether oxygens (including phenoxy) is 4. The van der Waals surface area contributed by atoms with Crippen molar-refractivity contribution >= 4 is 43.8 Å². The average molecular weight is 679 g/mol. The topological polar surface area (TPSA) is 112 Å². The van der Waals surface area contributed by atoms with Crippen LogP contribution in [-0.2, 0) is 28.5 Å². The summed E-state index contributed by atoms with van der Waals surface area (Å²) >= 11 is 7.23. The second-order valence-electron chi connectivity index (χ2n) is 9.88. The van der Waals surface area contributed by atoms with Gasteiger partial charge in [-0.1, -0.05) is 60.6 Å².